The zero-order valence-corrected chi connectivity index (χ0v) is 22.3. The van der Waals surface area contributed by atoms with Crippen LogP contribution in [0.1, 0.15) is 76.5 Å². The molecule has 1 aromatic carbocycles. The summed E-state index contributed by atoms with van der Waals surface area (Å²) in [5.41, 5.74) is 0.428. The van der Waals surface area contributed by atoms with Crippen LogP contribution >= 0.6 is 11.6 Å². The highest BCUT2D eigenvalue weighted by Gasteiger charge is 2.38. The molecule has 6 nitrogen and oxygen atoms in total. The fourth-order valence-electron chi connectivity index (χ4n) is 4.29. The van der Waals surface area contributed by atoms with Crippen LogP contribution in [0.4, 0.5) is 14.5 Å². The number of hydrogen-bond donors (Lipinski definition) is 0. The second-order valence-electron chi connectivity index (χ2n) is 10.7. The Bertz CT molecular complexity index is 1140. The van der Waals surface area contributed by atoms with Crippen molar-refractivity contribution in [2.75, 3.05) is 24.6 Å². The van der Waals surface area contributed by atoms with Crippen LogP contribution in [0.5, 0.6) is 0 Å². The molecule has 36 heavy (non-hydrogen) atoms. The maximum atomic E-state index is 14.3. The molecule has 1 fully saturated rings. The molecule has 2 aromatic rings. The predicted octanol–water partition coefficient (Wildman–Crippen LogP) is 6.54. The van der Waals surface area contributed by atoms with Crippen molar-refractivity contribution in [2.24, 2.45) is 5.41 Å². The van der Waals surface area contributed by atoms with Crippen LogP contribution in [0.25, 0.3) is 11.1 Å². The van der Waals surface area contributed by atoms with E-state index in [1.165, 1.54) is 6.07 Å². The predicted molar refractivity (Wildman–Crippen MR) is 135 cm³/mol. The first-order chi connectivity index (χ1) is 16.8. The number of nitrogens with zero attached hydrogens (tertiary/aromatic N) is 2. The molecule has 1 aromatic heterocycles. The van der Waals surface area contributed by atoms with Gasteiger partial charge in [0.05, 0.1) is 23.5 Å². The minimum Gasteiger partial charge on any atom is -0.464 e. The van der Waals surface area contributed by atoms with Gasteiger partial charge in [0.1, 0.15) is 10.8 Å². The van der Waals surface area contributed by atoms with Crippen molar-refractivity contribution in [3.05, 3.63) is 46.2 Å². The average Bonchev–Trinajstić information content (AvgIpc) is 2.78. The summed E-state index contributed by atoms with van der Waals surface area (Å²) < 4.78 is 39.6. The Balaban J connectivity index is 2.38. The zero-order valence-electron chi connectivity index (χ0n) is 21.6. The van der Waals surface area contributed by atoms with Crippen LogP contribution in [0.3, 0.4) is 0 Å². The van der Waals surface area contributed by atoms with E-state index in [1.54, 1.807) is 27.7 Å². The molecule has 3 rings (SSSR count). The van der Waals surface area contributed by atoms with Crippen LogP contribution < -0.4 is 4.90 Å². The van der Waals surface area contributed by atoms with Gasteiger partial charge in [0.2, 0.25) is 0 Å². The number of aldehydes is 1. The van der Waals surface area contributed by atoms with Gasteiger partial charge in [0.25, 0.3) is 0 Å². The number of aromatic nitrogens is 1. The molecule has 0 bridgehead atoms. The van der Waals surface area contributed by atoms with Gasteiger partial charge >= 0.3 is 5.97 Å². The van der Waals surface area contributed by atoms with Crippen molar-refractivity contribution in [2.45, 2.75) is 66.1 Å². The maximum Gasteiger partial charge on any atom is 0.340 e. The molecule has 0 amide bonds. The van der Waals surface area contributed by atoms with Gasteiger partial charge in [0, 0.05) is 18.7 Å². The lowest BCUT2D eigenvalue weighted by atomic mass is 9.82. The molecule has 1 atom stereocenters. The standard InChI is InChI=1S/C27H33ClF2N2O4/c1-7-35-25(34)23(36-26(2,3)4)21-22(32-12-10-27(5,6)11-13-32)20(19(15-33)31-24(21)28)16-8-9-17(29)18(30)14-16/h8-9,14-15,23H,7,10-13H2,1-6H3/t23-/m0/s1. The molecule has 2 heterocycles. The first kappa shape index (κ1) is 28.0. The topological polar surface area (TPSA) is 68.7 Å². The smallest absolute Gasteiger partial charge is 0.340 e. The molecule has 196 valence electrons. The summed E-state index contributed by atoms with van der Waals surface area (Å²) >= 11 is 6.65. The quantitative estimate of drug-likeness (QED) is 0.234. The number of benzene rings is 1. The number of hydrogen-bond acceptors (Lipinski definition) is 6. The molecule has 1 saturated heterocycles. The van der Waals surface area contributed by atoms with E-state index < -0.39 is 29.3 Å². The summed E-state index contributed by atoms with van der Waals surface area (Å²) in [5, 5.41) is -0.0921. The average molecular weight is 523 g/mol. The maximum absolute atomic E-state index is 14.3. The minimum absolute atomic E-state index is 0.0482. The molecule has 1 aliphatic heterocycles. The summed E-state index contributed by atoms with van der Waals surface area (Å²) in [7, 11) is 0. The van der Waals surface area contributed by atoms with E-state index in [9.17, 15) is 18.4 Å². The van der Waals surface area contributed by atoms with Crippen molar-refractivity contribution in [1.82, 2.24) is 4.98 Å². The second kappa shape index (κ2) is 10.8. The van der Waals surface area contributed by atoms with Crippen LogP contribution in [-0.4, -0.2) is 42.5 Å². The van der Waals surface area contributed by atoms with Crippen molar-refractivity contribution >= 4 is 29.5 Å². The van der Waals surface area contributed by atoms with Crippen LogP contribution in [0, 0.1) is 17.0 Å². The van der Waals surface area contributed by atoms with Gasteiger partial charge in [-0.2, -0.15) is 0 Å². The van der Waals surface area contributed by atoms with Crippen molar-refractivity contribution in [3.63, 3.8) is 0 Å². The summed E-state index contributed by atoms with van der Waals surface area (Å²) in [6.07, 6.45) is 0.904. The number of carbonyl (C=O) groups is 2. The van der Waals surface area contributed by atoms with Gasteiger partial charge in [-0.05, 0) is 63.6 Å². The Kier molecular flexibility index (Phi) is 8.41. The number of halogens is 3. The molecule has 9 heteroatoms. The van der Waals surface area contributed by atoms with E-state index in [1.807, 2.05) is 4.90 Å². The van der Waals surface area contributed by atoms with Gasteiger partial charge in [-0.15, -0.1) is 0 Å². The number of carbonyl (C=O) groups excluding carboxylic acids is 2. The first-order valence-corrected chi connectivity index (χ1v) is 12.4. The van der Waals surface area contributed by atoms with Gasteiger partial charge < -0.3 is 14.4 Å². The van der Waals surface area contributed by atoms with E-state index in [0.717, 1.165) is 25.0 Å². The number of pyridine rings is 1. The molecule has 1 aliphatic rings. The molecule has 0 unspecified atom stereocenters. The molecule has 0 radical (unpaired) electrons. The Morgan fingerprint density at radius 1 is 1.22 bits per heavy atom. The third kappa shape index (κ3) is 6.21. The van der Waals surface area contributed by atoms with Gasteiger partial charge in [-0.25, -0.2) is 18.6 Å². The molecule has 0 N–H and O–H groups in total. The highest BCUT2D eigenvalue weighted by molar-refractivity contribution is 6.31. The summed E-state index contributed by atoms with van der Waals surface area (Å²) in [4.78, 5) is 31.6. The Labute approximate surface area is 215 Å². The molecule has 0 saturated carbocycles. The molecule has 0 aliphatic carbocycles. The Hall–Kier alpha value is -2.58. The van der Waals surface area contributed by atoms with Crippen molar-refractivity contribution < 1.29 is 27.8 Å². The van der Waals surface area contributed by atoms with Crippen LogP contribution in [0.15, 0.2) is 18.2 Å². The van der Waals surface area contributed by atoms with Gasteiger partial charge in [0.15, 0.2) is 24.0 Å². The highest BCUT2D eigenvalue weighted by atomic mass is 35.5. The second-order valence-corrected chi connectivity index (χ2v) is 11.0. The number of ether oxygens (including phenoxy) is 2. The number of piperidine rings is 1. The van der Waals surface area contributed by atoms with E-state index >= 15 is 0 Å². The molecule has 0 spiro atoms. The Morgan fingerprint density at radius 3 is 2.39 bits per heavy atom. The number of anilines is 1. The van der Waals surface area contributed by atoms with E-state index in [-0.39, 0.29) is 39.6 Å². The number of esters is 1. The largest absolute Gasteiger partial charge is 0.464 e. The van der Waals surface area contributed by atoms with Crippen LogP contribution in [-0.2, 0) is 14.3 Å². The number of rotatable bonds is 7. The highest BCUT2D eigenvalue weighted by Crippen LogP contribution is 2.46. The summed E-state index contributed by atoms with van der Waals surface area (Å²) in [6, 6.07) is 3.38. The fourth-order valence-corrected chi connectivity index (χ4v) is 4.57. The fraction of sp³-hybridized carbons (Fsp3) is 0.519. The van der Waals surface area contributed by atoms with Gasteiger partial charge in [-0.1, -0.05) is 31.5 Å². The van der Waals surface area contributed by atoms with Crippen molar-refractivity contribution in [1.29, 1.82) is 0 Å². The van der Waals surface area contributed by atoms with Crippen molar-refractivity contribution in [3.8, 4) is 11.1 Å². The molecular formula is C27H33ClF2N2O4. The van der Waals surface area contributed by atoms with Crippen LogP contribution in [0.2, 0.25) is 5.15 Å². The zero-order chi connectivity index (χ0) is 26.8. The monoisotopic (exact) mass is 522 g/mol. The van der Waals surface area contributed by atoms with E-state index in [0.29, 0.717) is 25.1 Å². The Morgan fingerprint density at radius 2 is 1.86 bits per heavy atom. The normalized spacial score (nSPS) is 16.5. The third-order valence-corrected chi connectivity index (χ3v) is 6.46. The third-order valence-electron chi connectivity index (χ3n) is 6.18. The lowest BCUT2D eigenvalue weighted by Gasteiger charge is -2.41. The first-order valence-electron chi connectivity index (χ1n) is 12.0. The van der Waals surface area contributed by atoms with Gasteiger partial charge in [-0.3, -0.25) is 4.79 Å². The minimum atomic E-state index is -1.26. The lowest BCUT2D eigenvalue weighted by Crippen LogP contribution is -2.39. The molecular weight excluding hydrogens is 490 g/mol. The SMILES string of the molecule is CCOC(=O)[C@@H](OC(C)(C)C)c1c(Cl)nc(C=O)c(-c2ccc(F)c(F)c2)c1N1CCC(C)(C)CC1. The van der Waals surface area contributed by atoms with E-state index in [4.69, 9.17) is 21.1 Å². The lowest BCUT2D eigenvalue weighted by molar-refractivity contribution is -0.166. The van der Waals surface area contributed by atoms with E-state index in [2.05, 4.69) is 18.8 Å². The summed E-state index contributed by atoms with van der Waals surface area (Å²) in [6.45, 7) is 12.7. The summed E-state index contributed by atoms with van der Waals surface area (Å²) in [5.74, 6) is -2.75.